The molecule has 0 N–H and O–H groups in total. The fraction of sp³-hybridized carbons (Fsp3) is 0.500. The molecule has 1 aliphatic heterocycles. The average molecular weight is 230 g/mol. The van der Waals surface area contributed by atoms with Crippen LogP contribution in [0.3, 0.4) is 0 Å². The highest BCUT2D eigenvalue weighted by molar-refractivity contribution is 5.39. The van der Waals surface area contributed by atoms with Crippen molar-refractivity contribution in [3.05, 3.63) is 34.6 Å². The Morgan fingerprint density at radius 1 is 1.25 bits per heavy atom. The molecule has 0 aliphatic carbocycles. The van der Waals surface area contributed by atoms with Gasteiger partial charge >= 0.3 is 6.11 Å². The van der Waals surface area contributed by atoms with Crippen LogP contribution in [0.5, 0.6) is 0 Å². The number of halogens is 3. The summed E-state index contributed by atoms with van der Waals surface area (Å²) in [6.07, 6.45) is -4.09. The number of ether oxygens (including phenoxy) is 1. The van der Waals surface area contributed by atoms with Gasteiger partial charge in [0.05, 0.1) is 11.7 Å². The largest absolute Gasteiger partial charge is 0.383 e. The van der Waals surface area contributed by atoms with E-state index in [0.717, 1.165) is 0 Å². The third-order valence-corrected chi connectivity index (χ3v) is 3.08. The Morgan fingerprint density at radius 3 is 2.50 bits per heavy atom. The van der Waals surface area contributed by atoms with E-state index in [1.54, 1.807) is 13.8 Å². The Balaban J connectivity index is 2.68. The van der Waals surface area contributed by atoms with Crippen molar-refractivity contribution >= 4 is 0 Å². The van der Waals surface area contributed by atoms with Gasteiger partial charge in [-0.25, -0.2) is 4.39 Å². The Kier molecular flexibility index (Phi) is 2.49. The maximum absolute atomic E-state index is 13.7. The summed E-state index contributed by atoms with van der Waals surface area (Å²) in [5, 5.41) is 0. The second-order valence-electron chi connectivity index (χ2n) is 4.34. The zero-order valence-corrected chi connectivity index (χ0v) is 9.35. The first kappa shape index (κ1) is 11.5. The van der Waals surface area contributed by atoms with Crippen LogP contribution in [0, 0.1) is 12.7 Å². The van der Waals surface area contributed by atoms with Gasteiger partial charge in [-0.2, -0.15) is 8.78 Å². The van der Waals surface area contributed by atoms with Gasteiger partial charge in [-0.1, -0.05) is 6.92 Å². The molecular weight excluding hydrogens is 217 g/mol. The van der Waals surface area contributed by atoms with Crippen molar-refractivity contribution in [2.45, 2.75) is 38.9 Å². The zero-order valence-electron chi connectivity index (χ0n) is 9.35. The fourth-order valence-corrected chi connectivity index (χ4v) is 2.09. The van der Waals surface area contributed by atoms with Gasteiger partial charge in [0.1, 0.15) is 5.82 Å². The predicted molar refractivity (Wildman–Crippen MR) is 54.0 cm³/mol. The summed E-state index contributed by atoms with van der Waals surface area (Å²) in [5.74, 6) is -0.937. The molecular formula is C12H13F3O. The van der Waals surface area contributed by atoms with Crippen molar-refractivity contribution in [2.24, 2.45) is 0 Å². The van der Waals surface area contributed by atoms with Crippen molar-refractivity contribution in [2.75, 3.05) is 0 Å². The van der Waals surface area contributed by atoms with Crippen LogP contribution in [0.4, 0.5) is 13.2 Å². The summed E-state index contributed by atoms with van der Waals surface area (Å²) >= 11 is 0. The van der Waals surface area contributed by atoms with Gasteiger partial charge in [-0.05, 0) is 31.5 Å². The number of fused-ring (bicyclic) bond motifs is 1. The molecule has 4 heteroatoms. The molecule has 1 heterocycles. The maximum atomic E-state index is 13.7. The summed E-state index contributed by atoms with van der Waals surface area (Å²) in [4.78, 5) is 0. The van der Waals surface area contributed by atoms with Crippen molar-refractivity contribution in [1.82, 2.24) is 0 Å². The summed E-state index contributed by atoms with van der Waals surface area (Å²) in [5.41, 5.74) is 0.214. The van der Waals surface area contributed by atoms with Gasteiger partial charge in [-0.15, -0.1) is 0 Å². The standard InChI is InChI=1S/C12H13F3O/c1-6-4-9-11(10(13)5-6)7(2)8(3)16-12(9,14)15/h4-5,7-8H,1-3H3. The second-order valence-corrected chi connectivity index (χ2v) is 4.34. The Bertz CT molecular complexity index is 429. The third-order valence-electron chi connectivity index (χ3n) is 3.08. The van der Waals surface area contributed by atoms with Crippen LogP contribution in [-0.4, -0.2) is 6.10 Å². The lowest BCUT2D eigenvalue weighted by atomic mass is 9.87. The van der Waals surface area contributed by atoms with Gasteiger partial charge < -0.3 is 4.74 Å². The molecule has 16 heavy (non-hydrogen) atoms. The lowest BCUT2D eigenvalue weighted by Crippen LogP contribution is -2.35. The van der Waals surface area contributed by atoms with Gasteiger partial charge in [0.2, 0.25) is 0 Å². The molecule has 1 aliphatic rings. The van der Waals surface area contributed by atoms with Crippen molar-refractivity contribution in [1.29, 1.82) is 0 Å². The molecule has 1 nitrogen and oxygen atoms in total. The maximum Gasteiger partial charge on any atom is 0.383 e. The molecule has 0 fully saturated rings. The number of aryl methyl sites for hydroxylation is 1. The first-order valence-electron chi connectivity index (χ1n) is 5.19. The molecule has 2 atom stereocenters. The van der Waals surface area contributed by atoms with E-state index in [9.17, 15) is 13.2 Å². The minimum Gasteiger partial charge on any atom is -0.313 e. The van der Waals surface area contributed by atoms with Crippen LogP contribution >= 0.6 is 0 Å². The molecule has 88 valence electrons. The van der Waals surface area contributed by atoms with Crippen LogP contribution in [0.1, 0.15) is 36.5 Å². The molecule has 1 aromatic carbocycles. The number of alkyl halides is 2. The normalized spacial score (nSPS) is 27.6. The number of rotatable bonds is 0. The summed E-state index contributed by atoms with van der Waals surface area (Å²) in [6.45, 7) is 4.81. The molecule has 0 amide bonds. The third kappa shape index (κ3) is 1.61. The zero-order chi connectivity index (χ0) is 12.1. The molecule has 0 aromatic heterocycles. The van der Waals surface area contributed by atoms with Crippen LogP contribution in [0.15, 0.2) is 12.1 Å². The van der Waals surface area contributed by atoms with E-state index in [4.69, 9.17) is 0 Å². The van der Waals surface area contributed by atoms with E-state index in [2.05, 4.69) is 4.74 Å². The van der Waals surface area contributed by atoms with E-state index >= 15 is 0 Å². The minimum absolute atomic E-state index is 0.0781. The van der Waals surface area contributed by atoms with Crippen LogP contribution < -0.4 is 0 Å². The van der Waals surface area contributed by atoms with Gasteiger partial charge in [0.15, 0.2) is 0 Å². The van der Waals surface area contributed by atoms with Gasteiger partial charge in [0.25, 0.3) is 0 Å². The first-order valence-corrected chi connectivity index (χ1v) is 5.19. The fourth-order valence-electron chi connectivity index (χ4n) is 2.09. The predicted octanol–water partition coefficient (Wildman–Crippen LogP) is 3.71. The molecule has 0 bridgehead atoms. The highest BCUT2D eigenvalue weighted by Gasteiger charge is 2.45. The van der Waals surface area contributed by atoms with E-state index < -0.39 is 18.0 Å². The number of benzene rings is 1. The Hall–Kier alpha value is -1.03. The van der Waals surface area contributed by atoms with Crippen LogP contribution in [0.2, 0.25) is 0 Å². The van der Waals surface area contributed by atoms with Crippen molar-refractivity contribution in [3.63, 3.8) is 0 Å². The molecule has 0 radical (unpaired) electrons. The Morgan fingerprint density at radius 2 is 1.88 bits per heavy atom. The Labute approximate surface area is 92.2 Å². The van der Waals surface area contributed by atoms with E-state index in [1.165, 1.54) is 19.1 Å². The number of hydrogen-bond donors (Lipinski definition) is 0. The molecule has 0 saturated carbocycles. The average Bonchev–Trinajstić information content (AvgIpc) is 2.13. The molecule has 2 unspecified atom stereocenters. The highest BCUT2D eigenvalue weighted by atomic mass is 19.3. The smallest absolute Gasteiger partial charge is 0.313 e. The van der Waals surface area contributed by atoms with Crippen LogP contribution in [0.25, 0.3) is 0 Å². The molecule has 0 spiro atoms. The molecule has 1 aromatic rings. The minimum atomic E-state index is -3.39. The molecule has 2 rings (SSSR count). The first-order chi connectivity index (χ1) is 7.33. The summed E-state index contributed by atoms with van der Waals surface area (Å²) in [6, 6.07) is 2.57. The van der Waals surface area contributed by atoms with Crippen molar-refractivity contribution < 1.29 is 17.9 Å². The SMILES string of the molecule is Cc1cc(F)c2c(c1)C(F)(F)OC(C)C2C. The van der Waals surface area contributed by atoms with Crippen molar-refractivity contribution in [3.8, 4) is 0 Å². The molecule has 0 saturated heterocycles. The topological polar surface area (TPSA) is 9.23 Å². The summed E-state index contributed by atoms with van der Waals surface area (Å²) < 4.78 is 45.5. The van der Waals surface area contributed by atoms with E-state index in [1.807, 2.05) is 0 Å². The second kappa shape index (κ2) is 3.48. The van der Waals surface area contributed by atoms with Crippen LogP contribution in [-0.2, 0) is 10.8 Å². The highest BCUT2D eigenvalue weighted by Crippen LogP contribution is 2.44. The lowest BCUT2D eigenvalue weighted by Gasteiger charge is -2.34. The van der Waals surface area contributed by atoms with Gasteiger partial charge in [0, 0.05) is 11.5 Å². The summed E-state index contributed by atoms with van der Waals surface area (Å²) in [7, 11) is 0. The monoisotopic (exact) mass is 230 g/mol. The van der Waals surface area contributed by atoms with Gasteiger partial charge in [-0.3, -0.25) is 0 Å². The lowest BCUT2D eigenvalue weighted by molar-refractivity contribution is -0.281. The van der Waals surface area contributed by atoms with E-state index in [0.29, 0.717) is 5.56 Å². The quantitative estimate of drug-likeness (QED) is 0.660. The van der Waals surface area contributed by atoms with E-state index in [-0.39, 0.29) is 17.0 Å². The number of hydrogen-bond acceptors (Lipinski definition) is 1.